The highest BCUT2D eigenvalue weighted by molar-refractivity contribution is 5.76. The monoisotopic (exact) mass is 329 g/mol. The maximum atomic E-state index is 13.0. The smallest absolute Gasteiger partial charge is 0.222 e. The molecule has 0 unspecified atom stereocenters. The highest BCUT2D eigenvalue weighted by Crippen LogP contribution is 2.19. The van der Waals surface area contributed by atoms with Crippen molar-refractivity contribution in [2.75, 3.05) is 13.1 Å². The van der Waals surface area contributed by atoms with Gasteiger partial charge in [0.1, 0.15) is 5.82 Å². The van der Waals surface area contributed by atoms with Gasteiger partial charge in [0, 0.05) is 37.8 Å². The van der Waals surface area contributed by atoms with Crippen molar-refractivity contribution in [3.8, 4) is 11.1 Å². The zero-order valence-electron chi connectivity index (χ0n) is 14.1. The number of piperidine rings is 1. The second-order valence-corrected chi connectivity index (χ2v) is 6.69. The molecule has 1 saturated heterocycles. The quantitative estimate of drug-likeness (QED) is 0.838. The predicted molar refractivity (Wildman–Crippen MR) is 91.8 cm³/mol. The standard InChI is InChI=1S/C19H24FN3O/c1-15-4-2-10-22(13-15)19(24)5-3-11-23-14-17(12-21-23)16-6-8-18(20)9-7-16/h6-9,12,14-15H,2-5,10-11,13H2,1H3/t15-/m1/s1. The van der Waals surface area contributed by atoms with Crippen LogP contribution in [-0.4, -0.2) is 33.7 Å². The van der Waals surface area contributed by atoms with Crippen molar-refractivity contribution >= 4 is 5.91 Å². The fourth-order valence-electron chi connectivity index (χ4n) is 3.24. The minimum atomic E-state index is -0.239. The van der Waals surface area contributed by atoms with Gasteiger partial charge in [-0.25, -0.2) is 4.39 Å². The number of aryl methyl sites for hydroxylation is 1. The van der Waals surface area contributed by atoms with Gasteiger partial charge in [-0.2, -0.15) is 5.10 Å². The van der Waals surface area contributed by atoms with Crippen molar-refractivity contribution in [1.82, 2.24) is 14.7 Å². The van der Waals surface area contributed by atoms with Gasteiger partial charge in [-0.15, -0.1) is 0 Å². The molecule has 2 heterocycles. The fraction of sp³-hybridized carbons (Fsp3) is 0.474. The molecule has 1 atom stereocenters. The van der Waals surface area contributed by atoms with Crippen molar-refractivity contribution < 1.29 is 9.18 Å². The molecule has 0 saturated carbocycles. The third-order valence-corrected chi connectivity index (χ3v) is 4.60. The number of benzene rings is 1. The Hall–Kier alpha value is -2.17. The number of halogens is 1. The minimum Gasteiger partial charge on any atom is -0.342 e. The third-order valence-electron chi connectivity index (χ3n) is 4.60. The number of hydrogen-bond donors (Lipinski definition) is 0. The van der Waals surface area contributed by atoms with Gasteiger partial charge in [-0.1, -0.05) is 19.1 Å². The van der Waals surface area contributed by atoms with Crippen LogP contribution >= 0.6 is 0 Å². The zero-order valence-corrected chi connectivity index (χ0v) is 14.1. The van der Waals surface area contributed by atoms with E-state index in [1.54, 1.807) is 18.3 Å². The van der Waals surface area contributed by atoms with Crippen LogP contribution in [0.25, 0.3) is 11.1 Å². The summed E-state index contributed by atoms with van der Waals surface area (Å²) in [4.78, 5) is 14.3. The van der Waals surface area contributed by atoms with Crippen LogP contribution in [0.2, 0.25) is 0 Å². The lowest BCUT2D eigenvalue weighted by molar-refractivity contribution is -0.133. The topological polar surface area (TPSA) is 38.1 Å². The van der Waals surface area contributed by atoms with E-state index in [0.717, 1.165) is 43.6 Å². The number of rotatable bonds is 5. The molecule has 1 fully saturated rings. The van der Waals surface area contributed by atoms with Gasteiger partial charge in [-0.3, -0.25) is 9.48 Å². The summed E-state index contributed by atoms with van der Waals surface area (Å²) in [6.07, 6.45) is 7.42. The highest BCUT2D eigenvalue weighted by Gasteiger charge is 2.20. The summed E-state index contributed by atoms with van der Waals surface area (Å²) in [5.41, 5.74) is 1.91. The zero-order chi connectivity index (χ0) is 16.9. The molecule has 0 spiro atoms. The van der Waals surface area contributed by atoms with Crippen LogP contribution in [0.5, 0.6) is 0 Å². The van der Waals surface area contributed by atoms with Crippen molar-refractivity contribution in [3.05, 3.63) is 42.5 Å². The first-order valence-electron chi connectivity index (χ1n) is 8.68. The molecule has 1 aromatic heterocycles. The second-order valence-electron chi connectivity index (χ2n) is 6.69. The van der Waals surface area contributed by atoms with Crippen molar-refractivity contribution in [1.29, 1.82) is 0 Å². The maximum Gasteiger partial charge on any atom is 0.222 e. The molecule has 128 valence electrons. The largest absolute Gasteiger partial charge is 0.342 e. The Morgan fingerprint density at radius 2 is 2.08 bits per heavy atom. The number of hydrogen-bond acceptors (Lipinski definition) is 2. The van der Waals surface area contributed by atoms with Crippen molar-refractivity contribution in [2.24, 2.45) is 5.92 Å². The molecule has 1 amide bonds. The molecule has 2 aromatic rings. The normalized spacial score (nSPS) is 17.9. The van der Waals surface area contributed by atoms with E-state index in [1.165, 1.54) is 18.6 Å². The number of carbonyl (C=O) groups is 1. The van der Waals surface area contributed by atoms with Gasteiger partial charge >= 0.3 is 0 Å². The molecule has 0 bridgehead atoms. The second kappa shape index (κ2) is 7.60. The van der Waals surface area contributed by atoms with E-state index in [0.29, 0.717) is 12.3 Å². The summed E-state index contributed by atoms with van der Waals surface area (Å²) < 4.78 is 14.8. The number of nitrogens with zero attached hydrogens (tertiary/aromatic N) is 3. The van der Waals surface area contributed by atoms with Crippen molar-refractivity contribution in [3.63, 3.8) is 0 Å². The van der Waals surface area contributed by atoms with Gasteiger partial charge in [0.25, 0.3) is 0 Å². The molecule has 0 aliphatic carbocycles. The summed E-state index contributed by atoms with van der Waals surface area (Å²) in [6.45, 7) is 4.73. The van der Waals surface area contributed by atoms with Gasteiger partial charge < -0.3 is 4.90 Å². The maximum absolute atomic E-state index is 13.0. The lowest BCUT2D eigenvalue weighted by Crippen LogP contribution is -2.39. The Kier molecular flexibility index (Phi) is 5.28. The first-order valence-corrected chi connectivity index (χ1v) is 8.68. The van der Waals surface area contributed by atoms with E-state index in [-0.39, 0.29) is 11.7 Å². The number of amides is 1. The van der Waals surface area contributed by atoms with E-state index in [2.05, 4.69) is 12.0 Å². The molecular weight excluding hydrogens is 305 g/mol. The van der Waals surface area contributed by atoms with Crippen LogP contribution in [0.15, 0.2) is 36.7 Å². The van der Waals surface area contributed by atoms with Crippen LogP contribution in [0, 0.1) is 11.7 Å². The van der Waals surface area contributed by atoms with E-state index < -0.39 is 0 Å². The Labute approximate surface area is 142 Å². The number of aromatic nitrogens is 2. The Morgan fingerprint density at radius 3 is 2.83 bits per heavy atom. The summed E-state index contributed by atoms with van der Waals surface area (Å²) >= 11 is 0. The van der Waals surface area contributed by atoms with Gasteiger partial charge in [0.2, 0.25) is 5.91 Å². The first kappa shape index (κ1) is 16.7. The lowest BCUT2D eigenvalue weighted by atomic mass is 10.00. The van der Waals surface area contributed by atoms with Crippen LogP contribution in [-0.2, 0) is 11.3 Å². The average molecular weight is 329 g/mol. The first-order chi connectivity index (χ1) is 11.6. The number of carbonyl (C=O) groups excluding carboxylic acids is 1. The van der Waals surface area contributed by atoms with Gasteiger partial charge in [0.15, 0.2) is 0 Å². The fourth-order valence-corrected chi connectivity index (χ4v) is 3.24. The molecule has 4 nitrogen and oxygen atoms in total. The summed E-state index contributed by atoms with van der Waals surface area (Å²) in [7, 11) is 0. The van der Waals surface area contributed by atoms with E-state index in [4.69, 9.17) is 0 Å². The predicted octanol–water partition coefficient (Wildman–Crippen LogP) is 3.73. The minimum absolute atomic E-state index is 0.239. The molecule has 3 rings (SSSR count). The van der Waals surface area contributed by atoms with Crippen LogP contribution < -0.4 is 0 Å². The van der Waals surface area contributed by atoms with Crippen LogP contribution in [0.1, 0.15) is 32.6 Å². The van der Waals surface area contributed by atoms with Gasteiger partial charge in [0.05, 0.1) is 6.20 Å². The number of likely N-dealkylation sites (tertiary alicyclic amines) is 1. The highest BCUT2D eigenvalue weighted by atomic mass is 19.1. The molecule has 0 N–H and O–H groups in total. The lowest BCUT2D eigenvalue weighted by Gasteiger charge is -2.31. The Balaban J connectivity index is 1.49. The van der Waals surface area contributed by atoms with Crippen LogP contribution in [0.4, 0.5) is 4.39 Å². The van der Waals surface area contributed by atoms with Gasteiger partial charge in [-0.05, 0) is 42.9 Å². The van der Waals surface area contributed by atoms with Crippen LogP contribution in [0.3, 0.4) is 0 Å². The molecule has 5 heteroatoms. The van der Waals surface area contributed by atoms with E-state index in [1.807, 2.05) is 15.8 Å². The Bertz CT molecular complexity index is 680. The molecule has 1 aliphatic heterocycles. The summed E-state index contributed by atoms with van der Waals surface area (Å²) in [5.74, 6) is 0.635. The van der Waals surface area contributed by atoms with E-state index >= 15 is 0 Å². The molecule has 1 aromatic carbocycles. The summed E-state index contributed by atoms with van der Waals surface area (Å²) in [5, 5.41) is 4.33. The van der Waals surface area contributed by atoms with Crippen molar-refractivity contribution in [2.45, 2.75) is 39.2 Å². The van der Waals surface area contributed by atoms with E-state index in [9.17, 15) is 9.18 Å². The Morgan fingerprint density at radius 1 is 1.29 bits per heavy atom. The summed E-state index contributed by atoms with van der Waals surface area (Å²) in [6, 6.07) is 6.39. The third kappa shape index (κ3) is 4.22. The molecule has 24 heavy (non-hydrogen) atoms. The SMILES string of the molecule is C[C@@H]1CCCN(C(=O)CCCn2cc(-c3ccc(F)cc3)cn2)C1. The average Bonchev–Trinajstić information content (AvgIpc) is 3.04. The molecular formula is C19H24FN3O. The molecule has 0 radical (unpaired) electrons. The molecule has 1 aliphatic rings.